The van der Waals surface area contributed by atoms with Gasteiger partial charge in [-0.25, -0.2) is 0 Å². The maximum absolute atomic E-state index is 13.0. The molecule has 2 saturated heterocycles. The van der Waals surface area contributed by atoms with E-state index in [0.717, 1.165) is 5.56 Å². The normalized spacial score (nSPS) is 21.7. The van der Waals surface area contributed by atoms with Crippen LogP contribution in [0.5, 0.6) is 0 Å². The number of nitrogens with zero attached hydrogens (tertiary/aromatic N) is 3. The summed E-state index contributed by atoms with van der Waals surface area (Å²) >= 11 is 0. The second-order valence-corrected chi connectivity index (χ2v) is 9.16. The quantitative estimate of drug-likeness (QED) is 0.571. The fraction of sp³-hybridized carbons (Fsp3) is 0.321. The van der Waals surface area contributed by atoms with Crippen molar-refractivity contribution in [1.82, 2.24) is 14.8 Å². The van der Waals surface area contributed by atoms with E-state index in [1.54, 1.807) is 24.4 Å². The average molecular weight is 456 g/mol. The van der Waals surface area contributed by atoms with Gasteiger partial charge in [0.1, 0.15) is 0 Å². The van der Waals surface area contributed by atoms with Gasteiger partial charge in [0, 0.05) is 32.0 Å². The monoisotopic (exact) mass is 455 g/mol. The van der Waals surface area contributed by atoms with Crippen LogP contribution in [0, 0.1) is 6.92 Å². The van der Waals surface area contributed by atoms with Gasteiger partial charge >= 0.3 is 0 Å². The Morgan fingerprint density at radius 2 is 1.79 bits per heavy atom. The standard InChI is InChI=1S/C28H29N3O3/c1-19-5-3-4-6-23(19)21-7-9-22(10-8-21)28-24-16-30(17-27(33)31(24)25(28)18-34-2)26(32)15-20-11-13-29-14-12-20/h3-14,24-25,28H,15-18H2,1-2H3/t24-,25+,28-/m1/s1. The highest BCUT2D eigenvalue weighted by Crippen LogP contribution is 2.43. The van der Waals surface area contributed by atoms with Gasteiger partial charge in [-0.15, -0.1) is 0 Å². The molecule has 3 heterocycles. The molecule has 0 saturated carbocycles. The Hall–Kier alpha value is -3.51. The van der Waals surface area contributed by atoms with Gasteiger partial charge in [0.15, 0.2) is 0 Å². The van der Waals surface area contributed by atoms with Crippen molar-refractivity contribution in [1.29, 1.82) is 0 Å². The Bertz CT molecular complexity index is 1180. The Labute approximate surface area is 200 Å². The van der Waals surface area contributed by atoms with Crippen molar-refractivity contribution in [3.05, 3.63) is 89.7 Å². The zero-order valence-electron chi connectivity index (χ0n) is 19.6. The summed E-state index contributed by atoms with van der Waals surface area (Å²) < 4.78 is 5.48. The van der Waals surface area contributed by atoms with Gasteiger partial charge in [-0.2, -0.15) is 0 Å². The number of hydrogen-bond acceptors (Lipinski definition) is 4. The molecule has 174 valence electrons. The predicted molar refractivity (Wildman–Crippen MR) is 130 cm³/mol. The Morgan fingerprint density at radius 3 is 2.50 bits per heavy atom. The first-order valence-corrected chi connectivity index (χ1v) is 11.7. The molecule has 34 heavy (non-hydrogen) atoms. The van der Waals surface area contributed by atoms with Gasteiger partial charge in [-0.05, 0) is 46.9 Å². The molecule has 6 nitrogen and oxygen atoms in total. The lowest BCUT2D eigenvalue weighted by molar-refractivity contribution is -0.167. The summed E-state index contributed by atoms with van der Waals surface area (Å²) in [6.07, 6.45) is 3.65. The lowest BCUT2D eigenvalue weighted by Gasteiger charge is -2.59. The molecular formula is C28H29N3O3. The van der Waals surface area contributed by atoms with E-state index in [2.05, 4.69) is 54.4 Å². The van der Waals surface area contributed by atoms with E-state index < -0.39 is 0 Å². The van der Waals surface area contributed by atoms with Gasteiger partial charge in [0.05, 0.1) is 31.7 Å². The molecular weight excluding hydrogens is 426 g/mol. The average Bonchev–Trinajstić information content (AvgIpc) is 2.84. The minimum absolute atomic E-state index is 0.00541. The van der Waals surface area contributed by atoms with E-state index in [4.69, 9.17) is 4.74 Å². The number of hydrogen-bond donors (Lipinski definition) is 0. The van der Waals surface area contributed by atoms with Crippen molar-refractivity contribution in [2.75, 3.05) is 26.8 Å². The third-order valence-electron chi connectivity index (χ3n) is 7.11. The number of carbonyl (C=O) groups excluding carboxylic acids is 2. The van der Waals surface area contributed by atoms with E-state index >= 15 is 0 Å². The summed E-state index contributed by atoms with van der Waals surface area (Å²) in [6.45, 7) is 3.27. The molecule has 0 spiro atoms. The summed E-state index contributed by atoms with van der Waals surface area (Å²) in [5, 5.41) is 0. The minimum Gasteiger partial charge on any atom is -0.383 e. The fourth-order valence-corrected chi connectivity index (χ4v) is 5.41. The molecule has 3 atom stereocenters. The van der Waals surface area contributed by atoms with Gasteiger partial charge in [-0.3, -0.25) is 14.6 Å². The minimum atomic E-state index is -0.0351. The van der Waals surface area contributed by atoms with Gasteiger partial charge < -0.3 is 14.5 Å². The smallest absolute Gasteiger partial charge is 0.242 e. The first kappa shape index (κ1) is 22.3. The van der Waals surface area contributed by atoms with Crippen molar-refractivity contribution in [2.45, 2.75) is 31.3 Å². The molecule has 0 aliphatic carbocycles. The molecule has 2 aromatic carbocycles. The van der Waals surface area contributed by atoms with Crippen LogP contribution in [0.1, 0.15) is 22.6 Å². The molecule has 5 rings (SSSR count). The Morgan fingerprint density at radius 1 is 1.06 bits per heavy atom. The topological polar surface area (TPSA) is 62.7 Å². The number of rotatable bonds is 6. The molecule has 0 radical (unpaired) electrons. The molecule has 3 aromatic rings. The van der Waals surface area contributed by atoms with Gasteiger partial charge in [0.2, 0.25) is 11.8 Å². The number of aryl methyl sites for hydroxylation is 1. The van der Waals surface area contributed by atoms with Crippen LogP contribution in [0.15, 0.2) is 73.1 Å². The molecule has 6 heteroatoms. The van der Waals surface area contributed by atoms with Crippen molar-refractivity contribution >= 4 is 11.8 Å². The van der Waals surface area contributed by atoms with Crippen LogP contribution in [0.25, 0.3) is 11.1 Å². The van der Waals surface area contributed by atoms with Crippen molar-refractivity contribution in [3.8, 4) is 11.1 Å². The Balaban J connectivity index is 1.37. The first-order chi connectivity index (χ1) is 16.6. The van der Waals surface area contributed by atoms with Crippen LogP contribution in [-0.4, -0.2) is 65.5 Å². The highest BCUT2D eigenvalue weighted by molar-refractivity contribution is 5.88. The zero-order valence-corrected chi connectivity index (χ0v) is 19.6. The molecule has 2 aliphatic rings. The zero-order chi connectivity index (χ0) is 23.7. The number of amides is 2. The number of pyridine rings is 1. The fourth-order valence-electron chi connectivity index (χ4n) is 5.41. The van der Waals surface area contributed by atoms with E-state index in [1.165, 1.54) is 22.3 Å². The van der Waals surface area contributed by atoms with E-state index in [-0.39, 0.29) is 42.8 Å². The second-order valence-electron chi connectivity index (χ2n) is 9.16. The predicted octanol–water partition coefficient (Wildman–Crippen LogP) is 3.45. The highest BCUT2D eigenvalue weighted by atomic mass is 16.5. The summed E-state index contributed by atoms with van der Waals surface area (Å²) in [4.78, 5) is 33.7. The summed E-state index contributed by atoms with van der Waals surface area (Å²) in [6, 6.07) is 20.6. The summed E-state index contributed by atoms with van der Waals surface area (Å²) in [7, 11) is 1.67. The van der Waals surface area contributed by atoms with Crippen molar-refractivity contribution in [3.63, 3.8) is 0 Å². The summed E-state index contributed by atoms with van der Waals surface area (Å²) in [5.41, 5.74) is 5.72. The number of ether oxygens (including phenoxy) is 1. The second kappa shape index (κ2) is 9.39. The lowest BCUT2D eigenvalue weighted by Crippen LogP contribution is -2.73. The van der Waals surface area contributed by atoms with Crippen LogP contribution in [0.3, 0.4) is 0 Å². The maximum atomic E-state index is 13.0. The summed E-state index contributed by atoms with van der Waals surface area (Å²) in [5.74, 6) is 0.101. The number of piperazine rings is 1. The van der Waals surface area contributed by atoms with Crippen LogP contribution in [0.4, 0.5) is 0 Å². The molecule has 0 N–H and O–H groups in total. The van der Waals surface area contributed by atoms with E-state index in [9.17, 15) is 9.59 Å². The number of benzene rings is 2. The molecule has 2 aliphatic heterocycles. The Kier molecular flexibility index (Phi) is 6.16. The number of aromatic nitrogens is 1. The van der Waals surface area contributed by atoms with Gasteiger partial charge in [0.25, 0.3) is 0 Å². The van der Waals surface area contributed by atoms with Crippen LogP contribution in [-0.2, 0) is 20.7 Å². The number of carbonyl (C=O) groups is 2. The SMILES string of the molecule is COC[C@H]1[C@H](c2ccc(-c3ccccc3C)cc2)[C@H]2CN(C(=O)Cc3ccncc3)CC(=O)N21. The third kappa shape index (κ3) is 4.10. The van der Waals surface area contributed by atoms with Crippen molar-refractivity contribution in [2.24, 2.45) is 0 Å². The molecule has 2 fully saturated rings. The molecule has 1 aromatic heterocycles. The van der Waals surface area contributed by atoms with Gasteiger partial charge in [-0.1, -0.05) is 48.5 Å². The van der Waals surface area contributed by atoms with Crippen LogP contribution < -0.4 is 0 Å². The maximum Gasteiger partial charge on any atom is 0.242 e. The molecule has 2 amide bonds. The van der Waals surface area contributed by atoms with E-state index in [0.29, 0.717) is 13.2 Å². The third-order valence-corrected chi connectivity index (χ3v) is 7.11. The molecule has 0 bridgehead atoms. The molecule has 0 unspecified atom stereocenters. The van der Waals surface area contributed by atoms with Crippen LogP contribution >= 0.6 is 0 Å². The largest absolute Gasteiger partial charge is 0.383 e. The lowest BCUT2D eigenvalue weighted by atomic mass is 9.73. The number of methoxy groups -OCH3 is 1. The highest BCUT2D eigenvalue weighted by Gasteiger charge is 2.54. The number of fused-ring (bicyclic) bond motifs is 1. The van der Waals surface area contributed by atoms with Crippen molar-refractivity contribution < 1.29 is 14.3 Å². The van der Waals surface area contributed by atoms with Crippen LogP contribution in [0.2, 0.25) is 0 Å². The first-order valence-electron chi connectivity index (χ1n) is 11.7. The van der Waals surface area contributed by atoms with E-state index in [1.807, 2.05) is 23.1 Å².